The number of esters is 1. The van der Waals surface area contributed by atoms with E-state index in [1.165, 1.54) is 19.3 Å². The fraction of sp³-hybridized carbons (Fsp3) is 0.538. The predicted octanol–water partition coefficient (Wildman–Crippen LogP) is 5.38. The van der Waals surface area contributed by atoms with E-state index in [1.54, 1.807) is 7.11 Å². The molecule has 0 unspecified atom stereocenters. The SMILES string of the molecule is CCOc1ccc([C@H]2CC(=O)c3c([nH]c(C(=O)OCC4CCCCC4)c3C)C2)cc1OC. The van der Waals surface area contributed by atoms with Gasteiger partial charge >= 0.3 is 5.97 Å². The molecular weight excluding hydrogens is 406 g/mol. The Bertz CT molecular complexity index is 986. The third kappa shape index (κ3) is 4.54. The first-order chi connectivity index (χ1) is 15.5. The summed E-state index contributed by atoms with van der Waals surface area (Å²) in [6, 6.07) is 5.83. The molecule has 1 heterocycles. The molecule has 2 aliphatic carbocycles. The molecule has 1 aromatic heterocycles. The number of hydrogen-bond donors (Lipinski definition) is 1. The first-order valence-electron chi connectivity index (χ1n) is 11.7. The van der Waals surface area contributed by atoms with Crippen molar-refractivity contribution in [3.05, 3.63) is 46.3 Å². The molecule has 0 aliphatic heterocycles. The molecule has 0 spiro atoms. The minimum Gasteiger partial charge on any atom is -0.493 e. The number of benzene rings is 1. The average Bonchev–Trinajstić information content (AvgIpc) is 3.15. The van der Waals surface area contributed by atoms with Crippen LogP contribution in [0.5, 0.6) is 11.5 Å². The lowest BCUT2D eigenvalue weighted by Crippen LogP contribution is -2.18. The zero-order chi connectivity index (χ0) is 22.7. The van der Waals surface area contributed by atoms with Gasteiger partial charge in [-0.25, -0.2) is 4.79 Å². The van der Waals surface area contributed by atoms with Crippen molar-refractivity contribution in [3.8, 4) is 11.5 Å². The molecule has 2 aliphatic rings. The molecule has 0 bridgehead atoms. The quantitative estimate of drug-likeness (QED) is 0.586. The number of aromatic amines is 1. The van der Waals surface area contributed by atoms with Gasteiger partial charge < -0.3 is 19.2 Å². The number of Topliss-reactive ketones (excluding diaryl/α,β-unsaturated/α-hetero) is 1. The third-order valence-electron chi connectivity index (χ3n) is 6.83. The fourth-order valence-electron chi connectivity index (χ4n) is 5.11. The van der Waals surface area contributed by atoms with Gasteiger partial charge in [-0.05, 0) is 68.2 Å². The first-order valence-corrected chi connectivity index (χ1v) is 11.7. The number of ketones is 1. The van der Waals surface area contributed by atoms with Crippen molar-refractivity contribution in [2.45, 2.75) is 64.7 Å². The van der Waals surface area contributed by atoms with E-state index in [2.05, 4.69) is 4.98 Å². The minimum absolute atomic E-state index is 0.0173. The zero-order valence-electron chi connectivity index (χ0n) is 19.3. The summed E-state index contributed by atoms with van der Waals surface area (Å²) < 4.78 is 16.7. The summed E-state index contributed by atoms with van der Waals surface area (Å²) in [5.41, 5.74) is 3.63. The molecule has 0 saturated heterocycles. The second-order valence-electron chi connectivity index (χ2n) is 8.95. The number of hydrogen-bond acceptors (Lipinski definition) is 5. The highest BCUT2D eigenvalue weighted by atomic mass is 16.5. The highest BCUT2D eigenvalue weighted by Gasteiger charge is 2.33. The lowest BCUT2D eigenvalue weighted by molar-refractivity contribution is 0.0403. The largest absolute Gasteiger partial charge is 0.493 e. The van der Waals surface area contributed by atoms with Crippen molar-refractivity contribution in [3.63, 3.8) is 0 Å². The van der Waals surface area contributed by atoms with Crippen LogP contribution >= 0.6 is 0 Å². The molecule has 2 aromatic rings. The van der Waals surface area contributed by atoms with Crippen molar-refractivity contribution in [1.82, 2.24) is 4.98 Å². The van der Waals surface area contributed by atoms with Crippen LogP contribution in [0.1, 0.15) is 89.0 Å². The van der Waals surface area contributed by atoms with Crippen LogP contribution in [0.3, 0.4) is 0 Å². The van der Waals surface area contributed by atoms with Gasteiger partial charge in [0.1, 0.15) is 5.69 Å². The Labute approximate surface area is 189 Å². The Kier molecular flexibility index (Phi) is 6.87. The van der Waals surface area contributed by atoms with E-state index < -0.39 is 0 Å². The second kappa shape index (κ2) is 9.80. The number of fused-ring (bicyclic) bond motifs is 1. The average molecular weight is 440 g/mol. The Morgan fingerprint density at radius 3 is 2.62 bits per heavy atom. The van der Waals surface area contributed by atoms with Crippen LogP contribution in [0.15, 0.2) is 18.2 Å². The molecule has 1 fully saturated rings. The molecule has 0 amide bonds. The molecule has 32 heavy (non-hydrogen) atoms. The molecular formula is C26H33NO5. The van der Waals surface area contributed by atoms with Gasteiger partial charge in [0.15, 0.2) is 17.3 Å². The topological polar surface area (TPSA) is 77.6 Å². The van der Waals surface area contributed by atoms with Gasteiger partial charge in [0.05, 0.1) is 20.3 Å². The van der Waals surface area contributed by atoms with E-state index in [1.807, 2.05) is 32.0 Å². The highest BCUT2D eigenvalue weighted by Crippen LogP contribution is 2.38. The maximum atomic E-state index is 13.0. The first kappa shape index (κ1) is 22.4. The Morgan fingerprint density at radius 1 is 1.12 bits per heavy atom. The molecule has 172 valence electrons. The van der Waals surface area contributed by atoms with Gasteiger partial charge in [0.2, 0.25) is 0 Å². The summed E-state index contributed by atoms with van der Waals surface area (Å²) in [5, 5.41) is 0. The summed E-state index contributed by atoms with van der Waals surface area (Å²) in [6.45, 7) is 4.79. The van der Waals surface area contributed by atoms with Crippen molar-refractivity contribution < 1.29 is 23.8 Å². The molecule has 1 aromatic carbocycles. The molecule has 6 nitrogen and oxygen atoms in total. The van der Waals surface area contributed by atoms with Crippen molar-refractivity contribution in [2.75, 3.05) is 20.3 Å². The van der Waals surface area contributed by atoms with E-state index >= 15 is 0 Å². The number of methoxy groups -OCH3 is 1. The van der Waals surface area contributed by atoms with Crippen LogP contribution in [0, 0.1) is 12.8 Å². The standard InChI is InChI=1S/C26H33NO5/c1-4-31-22-11-10-18(14-23(22)30-3)19-12-20-24(21(28)13-19)16(2)25(27-20)26(29)32-15-17-8-6-5-7-9-17/h10-11,14,17,19,27H,4-9,12-13,15H2,1-3H3/t19-/m1/s1. The molecule has 1 atom stereocenters. The summed E-state index contributed by atoms with van der Waals surface area (Å²) >= 11 is 0. The number of rotatable bonds is 7. The van der Waals surface area contributed by atoms with Crippen LogP contribution in [0.25, 0.3) is 0 Å². The summed E-state index contributed by atoms with van der Waals surface area (Å²) in [6.07, 6.45) is 7.01. The Balaban J connectivity index is 1.51. The highest BCUT2D eigenvalue weighted by molar-refractivity contribution is 6.03. The molecule has 6 heteroatoms. The van der Waals surface area contributed by atoms with Crippen molar-refractivity contribution in [2.24, 2.45) is 5.92 Å². The lowest BCUT2D eigenvalue weighted by Gasteiger charge is -2.23. The van der Waals surface area contributed by atoms with Crippen LogP contribution < -0.4 is 9.47 Å². The maximum absolute atomic E-state index is 13.0. The smallest absolute Gasteiger partial charge is 0.355 e. The lowest BCUT2D eigenvalue weighted by atomic mass is 9.81. The third-order valence-corrected chi connectivity index (χ3v) is 6.83. The number of ether oxygens (including phenoxy) is 3. The van der Waals surface area contributed by atoms with E-state index in [0.717, 1.165) is 24.1 Å². The summed E-state index contributed by atoms with van der Waals surface area (Å²) in [4.78, 5) is 29.0. The molecule has 4 rings (SSSR count). The van der Waals surface area contributed by atoms with Crippen LogP contribution in [-0.4, -0.2) is 37.1 Å². The number of H-pyrrole nitrogens is 1. The fourth-order valence-corrected chi connectivity index (χ4v) is 5.11. The maximum Gasteiger partial charge on any atom is 0.355 e. The van der Waals surface area contributed by atoms with Crippen molar-refractivity contribution in [1.29, 1.82) is 0 Å². The van der Waals surface area contributed by atoms with Gasteiger partial charge in [-0.2, -0.15) is 0 Å². The zero-order valence-corrected chi connectivity index (χ0v) is 19.3. The van der Waals surface area contributed by atoms with Crippen LogP contribution in [-0.2, 0) is 11.2 Å². The van der Waals surface area contributed by atoms with Gasteiger partial charge in [-0.3, -0.25) is 4.79 Å². The summed E-state index contributed by atoms with van der Waals surface area (Å²) in [7, 11) is 1.62. The van der Waals surface area contributed by atoms with E-state index in [9.17, 15) is 9.59 Å². The van der Waals surface area contributed by atoms with Gasteiger partial charge in [-0.1, -0.05) is 25.3 Å². The van der Waals surface area contributed by atoms with E-state index in [-0.39, 0.29) is 17.7 Å². The van der Waals surface area contributed by atoms with Gasteiger partial charge in [0, 0.05) is 17.7 Å². The van der Waals surface area contributed by atoms with Gasteiger partial charge in [0.25, 0.3) is 0 Å². The van der Waals surface area contributed by atoms with Crippen LogP contribution in [0.4, 0.5) is 0 Å². The van der Waals surface area contributed by atoms with E-state index in [0.29, 0.717) is 60.3 Å². The molecule has 1 saturated carbocycles. The number of aromatic nitrogens is 1. The monoisotopic (exact) mass is 439 g/mol. The Morgan fingerprint density at radius 2 is 1.91 bits per heavy atom. The number of nitrogens with one attached hydrogen (secondary N) is 1. The normalized spacial score (nSPS) is 18.8. The minimum atomic E-state index is -0.352. The molecule has 1 N–H and O–H groups in total. The number of carbonyl (C=O) groups is 2. The Hall–Kier alpha value is -2.76. The second-order valence-corrected chi connectivity index (χ2v) is 8.95. The van der Waals surface area contributed by atoms with E-state index in [4.69, 9.17) is 14.2 Å². The van der Waals surface area contributed by atoms with Crippen LogP contribution in [0.2, 0.25) is 0 Å². The molecule has 0 radical (unpaired) electrons. The number of carbonyl (C=O) groups excluding carboxylic acids is 2. The predicted molar refractivity (Wildman–Crippen MR) is 122 cm³/mol. The van der Waals surface area contributed by atoms with Gasteiger partial charge in [-0.15, -0.1) is 0 Å². The van der Waals surface area contributed by atoms with Crippen molar-refractivity contribution >= 4 is 11.8 Å². The summed E-state index contributed by atoms with van der Waals surface area (Å²) in [5.74, 6) is 1.54.